The number of benzene rings is 1. The van der Waals surface area contributed by atoms with Crippen molar-refractivity contribution in [1.82, 2.24) is 0 Å². The van der Waals surface area contributed by atoms with Crippen LogP contribution >= 0.6 is 11.8 Å². The van der Waals surface area contributed by atoms with E-state index < -0.39 is 0 Å². The van der Waals surface area contributed by atoms with Gasteiger partial charge in [-0.25, -0.2) is 0 Å². The number of hydrogen-bond donors (Lipinski definition) is 1. The summed E-state index contributed by atoms with van der Waals surface area (Å²) in [6, 6.07) is 5.79. The highest BCUT2D eigenvalue weighted by molar-refractivity contribution is 7.99. The Morgan fingerprint density at radius 1 is 1.31 bits per heavy atom. The predicted molar refractivity (Wildman–Crippen MR) is 58.4 cm³/mol. The summed E-state index contributed by atoms with van der Waals surface area (Å²) in [5, 5.41) is 0.562. The molecule has 0 fully saturated rings. The summed E-state index contributed by atoms with van der Waals surface area (Å²) < 4.78 is 5.12. The van der Waals surface area contributed by atoms with Gasteiger partial charge >= 0.3 is 0 Å². The first-order valence-corrected chi connectivity index (χ1v) is 5.11. The van der Waals surface area contributed by atoms with Gasteiger partial charge in [0.15, 0.2) is 0 Å². The first-order chi connectivity index (χ1) is 6.11. The molecule has 0 aliphatic rings. The Morgan fingerprint density at radius 3 is 2.54 bits per heavy atom. The van der Waals surface area contributed by atoms with E-state index in [9.17, 15) is 0 Å². The van der Waals surface area contributed by atoms with Crippen LogP contribution < -0.4 is 10.5 Å². The topological polar surface area (TPSA) is 35.2 Å². The molecule has 0 saturated heterocycles. The van der Waals surface area contributed by atoms with Gasteiger partial charge in [0.25, 0.3) is 0 Å². The zero-order valence-corrected chi connectivity index (χ0v) is 9.02. The minimum Gasteiger partial charge on any atom is -0.497 e. The number of ether oxygens (including phenoxy) is 1. The van der Waals surface area contributed by atoms with Gasteiger partial charge in [-0.3, -0.25) is 0 Å². The maximum absolute atomic E-state index is 5.72. The molecule has 0 unspecified atom stereocenters. The molecule has 0 atom stereocenters. The molecule has 2 N–H and O–H groups in total. The van der Waals surface area contributed by atoms with E-state index in [0.717, 1.165) is 16.3 Å². The SMILES string of the molecule is COc1cc(N)cc(SC(C)C)c1. The molecule has 0 aliphatic heterocycles. The van der Waals surface area contributed by atoms with Gasteiger partial charge in [-0.2, -0.15) is 0 Å². The predicted octanol–water partition coefficient (Wildman–Crippen LogP) is 2.78. The van der Waals surface area contributed by atoms with Gasteiger partial charge in [0.2, 0.25) is 0 Å². The fourth-order valence-corrected chi connectivity index (χ4v) is 1.98. The molecular weight excluding hydrogens is 182 g/mol. The van der Waals surface area contributed by atoms with Gasteiger partial charge in [0.1, 0.15) is 5.75 Å². The number of nitrogen functional groups attached to an aromatic ring is 1. The second-order valence-corrected chi connectivity index (χ2v) is 4.76. The molecule has 1 rings (SSSR count). The summed E-state index contributed by atoms with van der Waals surface area (Å²) in [4.78, 5) is 1.16. The first-order valence-electron chi connectivity index (χ1n) is 4.23. The lowest BCUT2D eigenvalue weighted by molar-refractivity contribution is 0.414. The van der Waals surface area contributed by atoms with Gasteiger partial charge < -0.3 is 10.5 Å². The number of anilines is 1. The molecular formula is C10H15NOS. The van der Waals surface area contributed by atoms with Crippen molar-refractivity contribution in [3.63, 3.8) is 0 Å². The summed E-state index contributed by atoms with van der Waals surface area (Å²) in [6.45, 7) is 4.31. The zero-order valence-electron chi connectivity index (χ0n) is 8.20. The Labute approximate surface area is 83.5 Å². The van der Waals surface area contributed by atoms with E-state index in [0.29, 0.717) is 5.25 Å². The van der Waals surface area contributed by atoms with Gasteiger partial charge in [-0.15, -0.1) is 11.8 Å². The first kappa shape index (κ1) is 10.3. The number of thioether (sulfide) groups is 1. The Morgan fingerprint density at radius 2 is 2.00 bits per heavy atom. The van der Waals surface area contributed by atoms with Crippen LogP contribution in [0.1, 0.15) is 13.8 Å². The Hall–Kier alpha value is -0.830. The highest BCUT2D eigenvalue weighted by Gasteiger charge is 2.01. The van der Waals surface area contributed by atoms with E-state index in [1.807, 2.05) is 18.2 Å². The van der Waals surface area contributed by atoms with E-state index in [2.05, 4.69) is 13.8 Å². The molecule has 2 nitrogen and oxygen atoms in total. The van der Waals surface area contributed by atoms with Crippen molar-refractivity contribution < 1.29 is 4.74 Å². The standard InChI is InChI=1S/C10H15NOS/c1-7(2)13-10-5-8(11)4-9(6-10)12-3/h4-7H,11H2,1-3H3. The van der Waals surface area contributed by atoms with Crippen LogP contribution in [0.2, 0.25) is 0 Å². The fourth-order valence-electron chi connectivity index (χ4n) is 1.05. The number of hydrogen-bond acceptors (Lipinski definition) is 3. The summed E-state index contributed by atoms with van der Waals surface area (Å²) in [5.41, 5.74) is 6.47. The summed E-state index contributed by atoms with van der Waals surface area (Å²) in [7, 11) is 1.65. The van der Waals surface area contributed by atoms with Crippen LogP contribution in [0.15, 0.2) is 23.1 Å². The van der Waals surface area contributed by atoms with Crippen molar-refractivity contribution in [3.8, 4) is 5.75 Å². The van der Waals surface area contributed by atoms with Gasteiger partial charge in [0, 0.05) is 21.9 Å². The lowest BCUT2D eigenvalue weighted by Gasteiger charge is -2.08. The molecule has 1 aromatic carbocycles. The molecule has 1 aromatic rings. The van der Waals surface area contributed by atoms with E-state index in [4.69, 9.17) is 10.5 Å². The minimum absolute atomic E-state index is 0.562. The highest BCUT2D eigenvalue weighted by atomic mass is 32.2. The maximum Gasteiger partial charge on any atom is 0.122 e. The quantitative estimate of drug-likeness (QED) is 0.598. The third-order valence-corrected chi connectivity index (χ3v) is 2.49. The second kappa shape index (κ2) is 4.42. The van der Waals surface area contributed by atoms with Crippen molar-refractivity contribution in [1.29, 1.82) is 0 Å². The van der Waals surface area contributed by atoms with Crippen molar-refractivity contribution in [2.75, 3.05) is 12.8 Å². The molecule has 0 amide bonds. The van der Waals surface area contributed by atoms with Crippen LogP contribution in [0.4, 0.5) is 5.69 Å². The number of nitrogens with two attached hydrogens (primary N) is 1. The van der Waals surface area contributed by atoms with Crippen LogP contribution in [0.25, 0.3) is 0 Å². The Bertz CT molecular complexity index is 286. The monoisotopic (exact) mass is 197 g/mol. The molecule has 0 spiro atoms. The second-order valence-electron chi connectivity index (χ2n) is 3.11. The van der Waals surface area contributed by atoms with Crippen LogP contribution in [0.3, 0.4) is 0 Å². The van der Waals surface area contributed by atoms with Crippen molar-refractivity contribution >= 4 is 17.4 Å². The van der Waals surface area contributed by atoms with Crippen LogP contribution in [-0.2, 0) is 0 Å². The van der Waals surface area contributed by atoms with Crippen LogP contribution in [0.5, 0.6) is 5.75 Å². The highest BCUT2D eigenvalue weighted by Crippen LogP contribution is 2.28. The summed E-state index contributed by atoms with van der Waals surface area (Å²) >= 11 is 1.78. The molecule has 0 radical (unpaired) electrons. The normalized spacial score (nSPS) is 10.5. The minimum atomic E-state index is 0.562. The molecule has 0 bridgehead atoms. The van der Waals surface area contributed by atoms with Crippen molar-refractivity contribution in [2.24, 2.45) is 0 Å². The van der Waals surface area contributed by atoms with Gasteiger partial charge in [-0.05, 0) is 12.1 Å². The smallest absolute Gasteiger partial charge is 0.122 e. The number of rotatable bonds is 3. The summed E-state index contributed by atoms with van der Waals surface area (Å²) in [5.74, 6) is 0.822. The number of methoxy groups -OCH3 is 1. The van der Waals surface area contributed by atoms with E-state index in [-0.39, 0.29) is 0 Å². The molecule has 13 heavy (non-hydrogen) atoms. The van der Waals surface area contributed by atoms with Gasteiger partial charge in [0.05, 0.1) is 7.11 Å². The largest absolute Gasteiger partial charge is 0.497 e. The summed E-state index contributed by atoms with van der Waals surface area (Å²) in [6.07, 6.45) is 0. The Balaban J connectivity index is 2.88. The van der Waals surface area contributed by atoms with Crippen LogP contribution in [0, 0.1) is 0 Å². The van der Waals surface area contributed by atoms with E-state index in [1.54, 1.807) is 18.9 Å². The fraction of sp³-hybridized carbons (Fsp3) is 0.400. The third-order valence-electron chi connectivity index (χ3n) is 1.51. The van der Waals surface area contributed by atoms with Gasteiger partial charge in [-0.1, -0.05) is 13.8 Å². The molecule has 72 valence electrons. The maximum atomic E-state index is 5.72. The molecule has 0 saturated carbocycles. The lowest BCUT2D eigenvalue weighted by Crippen LogP contribution is -1.91. The van der Waals surface area contributed by atoms with Crippen LogP contribution in [-0.4, -0.2) is 12.4 Å². The molecule has 3 heteroatoms. The molecule has 0 aromatic heterocycles. The third kappa shape index (κ3) is 3.19. The van der Waals surface area contributed by atoms with Crippen molar-refractivity contribution in [3.05, 3.63) is 18.2 Å². The average molecular weight is 197 g/mol. The Kier molecular flexibility index (Phi) is 3.48. The lowest BCUT2D eigenvalue weighted by atomic mass is 10.3. The molecule has 0 aliphatic carbocycles. The average Bonchev–Trinajstić information content (AvgIpc) is 2.01. The molecule has 0 heterocycles. The van der Waals surface area contributed by atoms with E-state index >= 15 is 0 Å². The van der Waals surface area contributed by atoms with Crippen molar-refractivity contribution in [2.45, 2.75) is 24.0 Å². The zero-order chi connectivity index (χ0) is 9.84. The van der Waals surface area contributed by atoms with E-state index in [1.165, 1.54) is 0 Å².